The van der Waals surface area contributed by atoms with Crippen LogP contribution in [-0.4, -0.2) is 14.3 Å². The van der Waals surface area contributed by atoms with Crippen molar-refractivity contribution in [2.75, 3.05) is 4.72 Å². The number of rotatable bonds is 6. The molecular weight excluding hydrogens is 420 g/mol. The van der Waals surface area contributed by atoms with Gasteiger partial charge in [-0.15, -0.1) is 0 Å². The van der Waals surface area contributed by atoms with E-state index in [1.165, 1.54) is 36.1 Å². The summed E-state index contributed by atoms with van der Waals surface area (Å²) in [7, 11) is -3.73. The summed E-state index contributed by atoms with van der Waals surface area (Å²) >= 11 is 0. The maximum atomic E-state index is 12.9. The summed E-state index contributed by atoms with van der Waals surface area (Å²) in [4.78, 5) is 13.1. The number of fused-ring (bicyclic) bond motifs is 1. The van der Waals surface area contributed by atoms with Crippen LogP contribution in [0.4, 0.5) is 5.69 Å². The van der Waals surface area contributed by atoms with Crippen molar-refractivity contribution in [1.29, 1.82) is 0 Å². The molecule has 6 heteroatoms. The number of sulfonamides is 1. The molecule has 0 aliphatic heterocycles. The molecule has 3 aromatic rings. The molecule has 166 valence electrons. The quantitative estimate of drug-likeness (QED) is 0.547. The molecule has 0 fully saturated rings. The van der Waals surface area contributed by atoms with Crippen LogP contribution in [0.5, 0.6) is 0 Å². The van der Waals surface area contributed by atoms with Gasteiger partial charge >= 0.3 is 0 Å². The Labute approximate surface area is 189 Å². The molecule has 0 aromatic heterocycles. The number of amides is 1. The van der Waals surface area contributed by atoms with Crippen molar-refractivity contribution in [1.82, 2.24) is 5.32 Å². The lowest BCUT2D eigenvalue weighted by Gasteiger charge is -2.20. The van der Waals surface area contributed by atoms with Gasteiger partial charge in [0, 0.05) is 5.56 Å². The summed E-state index contributed by atoms with van der Waals surface area (Å²) in [6.07, 6.45) is 4.67. The Morgan fingerprint density at radius 3 is 2.38 bits per heavy atom. The third kappa shape index (κ3) is 4.86. The van der Waals surface area contributed by atoms with Crippen molar-refractivity contribution >= 4 is 21.6 Å². The molecule has 1 amide bonds. The van der Waals surface area contributed by atoms with Crippen molar-refractivity contribution in [3.05, 3.63) is 94.5 Å². The minimum Gasteiger partial charge on any atom is -0.346 e. The van der Waals surface area contributed by atoms with Gasteiger partial charge in [-0.1, -0.05) is 42.5 Å². The molecule has 4 rings (SSSR count). The van der Waals surface area contributed by atoms with Crippen LogP contribution in [-0.2, 0) is 22.9 Å². The minimum absolute atomic E-state index is 0.152. The second-order valence-corrected chi connectivity index (χ2v) is 10.1. The second-order valence-electron chi connectivity index (χ2n) is 8.38. The number of carbonyl (C=O) groups excluding carboxylic acids is 1. The van der Waals surface area contributed by atoms with Crippen molar-refractivity contribution in [2.24, 2.45) is 0 Å². The van der Waals surface area contributed by atoms with Crippen LogP contribution in [0.2, 0.25) is 0 Å². The Bertz CT molecular complexity index is 1240. The lowest BCUT2D eigenvalue weighted by molar-refractivity contribution is 0.0940. The summed E-state index contributed by atoms with van der Waals surface area (Å²) < 4.78 is 28.0. The van der Waals surface area contributed by atoms with Gasteiger partial charge < -0.3 is 5.32 Å². The molecule has 5 nitrogen and oxygen atoms in total. The summed E-state index contributed by atoms with van der Waals surface area (Å²) in [6.45, 7) is 3.77. The summed E-state index contributed by atoms with van der Waals surface area (Å²) in [5, 5.41) is 3.04. The Morgan fingerprint density at radius 2 is 1.62 bits per heavy atom. The first-order valence-electron chi connectivity index (χ1n) is 10.9. The van der Waals surface area contributed by atoms with Crippen LogP contribution in [0, 0.1) is 6.92 Å². The fraction of sp³-hybridized carbons (Fsp3) is 0.269. The van der Waals surface area contributed by atoms with Crippen LogP contribution in [0.25, 0.3) is 0 Å². The number of anilines is 1. The normalized spacial score (nSPS) is 14.3. The molecule has 0 radical (unpaired) electrons. The lowest BCUT2D eigenvalue weighted by atomic mass is 9.89. The summed E-state index contributed by atoms with van der Waals surface area (Å²) in [5.41, 5.74) is 5.41. The van der Waals surface area contributed by atoms with E-state index in [0.29, 0.717) is 11.3 Å². The average Bonchev–Trinajstić information content (AvgIpc) is 2.80. The topological polar surface area (TPSA) is 75.3 Å². The SMILES string of the molecule is Cc1ccc(C(=O)N[C@H](C)c2ccc3c(c2)CCCC3)cc1NS(=O)(=O)c1ccccc1. The Morgan fingerprint density at radius 1 is 0.906 bits per heavy atom. The third-order valence-electron chi connectivity index (χ3n) is 6.02. The highest BCUT2D eigenvalue weighted by Gasteiger charge is 2.18. The van der Waals surface area contributed by atoms with Crippen LogP contribution in [0.1, 0.15) is 58.4 Å². The molecule has 0 unspecified atom stereocenters. The average molecular weight is 449 g/mol. The first-order chi connectivity index (χ1) is 15.3. The van der Waals surface area contributed by atoms with Crippen molar-refractivity contribution < 1.29 is 13.2 Å². The van der Waals surface area contributed by atoms with Crippen molar-refractivity contribution in [3.63, 3.8) is 0 Å². The zero-order chi connectivity index (χ0) is 22.7. The molecule has 0 saturated carbocycles. The highest BCUT2D eigenvalue weighted by molar-refractivity contribution is 7.92. The molecule has 32 heavy (non-hydrogen) atoms. The Kier molecular flexibility index (Phi) is 6.33. The highest BCUT2D eigenvalue weighted by atomic mass is 32.2. The number of aryl methyl sites for hydroxylation is 3. The predicted molar refractivity (Wildman–Crippen MR) is 127 cm³/mol. The first kappa shape index (κ1) is 22.1. The first-order valence-corrected chi connectivity index (χ1v) is 12.4. The van der Waals surface area contributed by atoms with E-state index in [4.69, 9.17) is 0 Å². The number of nitrogens with one attached hydrogen (secondary N) is 2. The molecule has 2 N–H and O–H groups in total. The van der Waals surface area contributed by atoms with E-state index in [9.17, 15) is 13.2 Å². The predicted octanol–water partition coefficient (Wildman–Crippen LogP) is 5.17. The molecule has 1 aliphatic rings. The summed E-state index contributed by atoms with van der Waals surface area (Å²) in [5.74, 6) is -0.240. The van der Waals surface area contributed by atoms with E-state index in [1.54, 1.807) is 43.3 Å². The van der Waals surface area contributed by atoms with Gasteiger partial charge in [-0.05, 0) is 86.1 Å². The number of hydrogen-bond acceptors (Lipinski definition) is 3. The zero-order valence-corrected chi connectivity index (χ0v) is 19.2. The van der Waals surface area contributed by atoms with Gasteiger partial charge in [0.05, 0.1) is 16.6 Å². The van der Waals surface area contributed by atoms with Crippen molar-refractivity contribution in [3.8, 4) is 0 Å². The maximum Gasteiger partial charge on any atom is 0.261 e. The minimum atomic E-state index is -3.73. The monoisotopic (exact) mass is 448 g/mol. The molecular formula is C26H28N2O3S. The van der Waals surface area contributed by atoms with E-state index in [-0.39, 0.29) is 16.8 Å². The Hall–Kier alpha value is -3.12. The molecule has 0 saturated heterocycles. The van der Waals surface area contributed by atoms with Gasteiger partial charge in [0.1, 0.15) is 0 Å². The van der Waals surface area contributed by atoms with Gasteiger partial charge in [-0.25, -0.2) is 8.42 Å². The van der Waals surface area contributed by atoms with Crippen molar-refractivity contribution in [2.45, 2.75) is 50.5 Å². The van der Waals surface area contributed by atoms with E-state index >= 15 is 0 Å². The van der Waals surface area contributed by atoms with Gasteiger partial charge in [0.25, 0.3) is 15.9 Å². The van der Waals surface area contributed by atoms with E-state index in [0.717, 1.165) is 24.0 Å². The molecule has 0 bridgehead atoms. The fourth-order valence-electron chi connectivity index (χ4n) is 4.06. The van der Waals surface area contributed by atoms with E-state index in [2.05, 4.69) is 28.2 Å². The largest absolute Gasteiger partial charge is 0.346 e. The number of benzene rings is 3. The second kappa shape index (κ2) is 9.17. The van der Waals surface area contributed by atoms with E-state index in [1.807, 2.05) is 6.92 Å². The van der Waals surface area contributed by atoms with Crippen LogP contribution >= 0.6 is 0 Å². The Balaban J connectivity index is 1.51. The van der Waals surface area contributed by atoms with Crippen LogP contribution in [0.3, 0.4) is 0 Å². The molecule has 1 aliphatic carbocycles. The van der Waals surface area contributed by atoms with Crippen LogP contribution < -0.4 is 10.0 Å². The number of hydrogen-bond donors (Lipinski definition) is 2. The highest BCUT2D eigenvalue weighted by Crippen LogP contribution is 2.26. The standard InChI is InChI=1S/C26H28N2O3S/c1-18-12-13-23(17-25(18)28-32(30,31)24-10-4-3-5-11-24)26(29)27-19(2)21-15-14-20-8-6-7-9-22(20)16-21/h3-5,10-17,19,28H,6-9H2,1-2H3,(H,27,29)/t19-/m1/s1. The smallest absolute Gasteiger partial charge is 0.261 e. The lowest BCUT2D eigenvalue weighted by Crippen LogP contribution is -2.27. The fourth-order valence-corrected chi connectivity index (χ4v) is 5.21. The molecule has 0 spiro atoms. The van der Waals surface area contributed by atoms with Gasteiger partial charge in [0.15, 0.2) is 0 Å². The molecule has 0 heterocycles. The van der Waals surface area contributed by atoms with Gasteiger partial charge in [-0.2, -0.15) is 0 Å². The van der Waals surface area contributed by atoms with E-state index < -0.39 is 10.0 Å². The van der Waals surface area contributed by atoms with Gasteiger partial charge in [-0.3, -0.25) is 9.52 Å². The molecule has 3 aromatic carbocycles. The maximum absolute atomic E-state index is 12.9. The third-order valence-corrected chi connectivity index (χ3v) is 7.40. The summed E-state index contributed by atoms with van der Waals surface area (Å²) in [6, 6.07) is 19.5. The zero-order valence-electron chi connectivity index (χ0n) is 18.4. The molecule has 1 atom stereocenters. The number of carbonyl (C=O) groups is 1. The van der Waals surface area contributed by atoms with Gasteiger partial charge in [0.2, 0.25) is 0 Å². The van der Waals surface area contributed by atoms with Crippen LogP contribution in [0.15, 0.2) is 71.6 Å².